The van der Waals surface area contributed by atoms with Gasteiger partial charge in [0.1, 0.15) is 0 Å². The molecule has 47 heavy (non-hydrogen) atoms. The van der Waals surface area contributed by atoms with E-state index in [1.165, 1.54) is 35.3 Å². The molecule has 0 bridgehead atoms. The highest BCUT2D eigenvalue weighted by molar-refractivity contribution is 5.78. The fraction of sp³-hybridized carbons (Fsp3) is 0.200. The van der Waals surface area contributed by atoms with E-state index >= 15 is 0 Å². The highest BCUT2D eigenvalue weighted by Gasteiger charge is 2.39. The fourth-order valence-corrected chi connectivity index (χ4v) is 7.61. The highest BCUT2D eigenvalue weighted by atomic mass is 15.1. The van der Waals surface area contributed by atoms with Crippen LogP contribution in [0.25, 0.3) is 0 Å². The van der Waals surface area contributed by atoms with Crippen LogP contribution in [-0.2, 0) is 5.41 Å². The van der Waals surface area contributed by atoms with Crippen molar-refractivity contribution in [2.45, 2.75) is 44.9 Å². The molecule has 0 spiro atoms. The zero-order valence-electron chi connectivity index (χ0n) is 27.5. The molecule has 7 rings (SSSR count). The largest absolute Gasteiger partial charge is 0.311 e. The van der Waals surface area contributed by atoms with Crippen LogP contribution in [0.15, 0.2) is 170 Å². The van der Waals surface area contributed by atoms with Gasteiger partial charge in [-0.2, -0.15) is 0 Å². The lowest BCUT2D eigenvalue weighted by Crippen LogP contribution is -2.34. The van der Waals surface area contributed by atoms with Gasteiger partial charge in [-0.15, -0.1) is 0 Å². The molecule has 0 atom stereocenters. The number of hydrogen-bond donors (Lipinski definition) is 0. The van der Waals surface area contributed by atoms with E-state index in [0.29, 0.717) is 5.92 Å². The van der Waals surface area contributed by atoms with E-state index in [1.807, 2.05) is 0 Å². The average Bonchev–Trinajstić information content (AvgIpc) is 3.14. The van der Waals surface area contributed by atoms with Gasteiger partial charge in [-0.1, -0.05) is 111 Å². The van der Waals surface area contributed by atoms with Crippen LogP contribution >= 0.6 is 0 Å². The topological polar surface area (TPSA) is 6.48 Å². The summed E-state index contributed by atoms with van der Waals surface area (Å²) >= 11 is 0. The average molecular weight is 613 g/mol. The van der Waals surface area contributed by atoms with Crippen molar-refractivity contribution in [3.8, 4) is 0 Å². The first-order valence-electron chi connectivity index (χ1n) is 17.1. The normalized spacial score (nSPS) is 14.5. The van der Waals surface area contributed by atoms with E-state index in [-0.39, 0.29) is 5.41 Å². The van der Waals surface area contributed by atoms with Crippen molar-refractivity contribution in [2.24, 2.45) is 11.8 Å². The Morgan fingerprint density at radius 3 is 0.957 bits per heavy atom. The van der Waals surface area contributed by atoms with Gasteiger partial charge in [0.2, 0.25) is 0 Å². The first-order valence-corrected chi connectivity index (χ1v) is 17.1. The van der Waals surface area contributed by atoms with Crippen molar-refractivity contribution >= 4 is 34.1 Å². The lowest BCUT2D eigenvalue weighted by atomic mass is 9.61. The maximum atomic E-state index is 2.40. The second kappa shape index (κ2) is 13.7. The second-order valence-electron chi connectivity index (χ2n) is 13.3. The predicted octanol–water partition coefficient (Wildman–Crippen LogP) is 12.8. The van der Waals surface area contributed by atoms with Gasteiger partial charge in [-0.25, -0.2) is 0 Å². The smallest absolute Gasteiger partial charge is 0.0461 e. The molecule has 0 aromatic heterocycles. The summed E-state index contributed by atoms with van der Waals surface area (Å²) in [6.45, 7) is 4.79. The van der Waals surface area contributed by atoms with Crippen molar-refractivity contribution in [3.05, 3.63) is 181 Å². The summed E-state index contributed by atoms with van der Waals surface area (Å²) in [5.74, 6) is 1.49. The molecule has 1 aliphatic rings. The Morgan fingerprint density at radius 2 is 0.681 bits per heavy atom. The first kappa shape index (κ1) is 30.6. The Kier molecular flexibility index (Phi) is 8.93. The van der Waals surface area contributed by atoms with Gasteiger partial charge in [0.15, 0.2) is 0 Å². The quantitative estimate of drug-likeness (QED) is 0.160. The Hall–Kier alpha value is -5.08. The zero-order valence-corrected chi connectivity index (χ0v) is 27.5. The Morgan fingerprint density at radius 1 is 0.404 bits per heavy atom. The van der Waals surface area contributed by atoms with Gasteiger partial charge in [0.25, 0.3) is 0 Å². The number of nitrogens with zero attached hydrogens (tertiary/aromatic N) is 2. The lowest BCUT2D eigenvalue weighted by molar-refractivity contribution is 0.217. The van der Waals surface area contributed by atoms with Gasteiger partial charge >= 0.3 is 0 Å². The molecule has 0 radical (unpaired) electrons. The van der Waals surface area contributed by atoms with Crippen LogP contribution < -0.4 is 9.80 Å². The Labute approximate surface area is 281 Å². The molecule has 1 aliphatic carbocycles. The summed E-state index contributed by atoms with van der Waals surface area (Å²) in [5, 5.41) is 0. The van der Waals surface area contributed by atoms with Gasteiger partial charge in [-0.05, 0) is 121 Å². The van der Waals surface area contributed by atoms with Crippen LogP contribution in [0.4, 0.5) is 34.1 Å². The summed E-state index contributed by atoms with van der Waals surface area (Å²) < 4.78 is 0. The zero-order chi connectivity index (χ0) is 32.1. The number of anilines is 6. The minimum absolute atomic E-state index is 0.0168. The van der Waals surface area contributed by atoms with E-state index in [0.717, 1.165) is 41.5 Å². The SMILES string of the molecule is CC(C)C1CCC(c2ccc(N(c3ccccc3)c3ccccc3)cc2)(c2ccc(N(c3ccccc3)c3ccccc3)cc2)CC1. The molecule has 0 amide bonds. The van der Waals surface area contributed by atoms with E-state index < -0.39 is 0 Å². The van der Waals surface area contributed by atoms with Crippen molar-refractivity contribution in [1.82, 2.24) is 0 Å². The minimum atomic E-state index is -0.0168. The van der Waals surface area contributed by atoms with Crippen LogP contribution in [0.1, 0.15) is 50.7 Å². The molecule has 1 fully saturated rings. The van der Waals surface area contributed by atoms with E-state index in [1.54, 1.807) is 0 Å². The van der Waals surface area contributed by atoms with Crippen LogP contribution in [0.3, 0.4) is 0 Å². The summed E-state index contributed by atoms with van der Waals surface area (Å²) in [7, 11) is 0. The first-order chi connectivity index (χ1) is 23.1. The molecule has 0 heterocycles. The van der Waals surface area contributed by atoms with Gasteiger partial charge in [0.05, 0.1) is 0 Å². The monoisotopic (exact) mass is 612 g/mol. The number of benzene rings is 6. The molecule has 2 nitrogen and oxygen atoms in total. The molecular formula is C45H44N2. The highest BCUT2D eigenvalue weighted by Crippen LogP contribution is 2.49. The van der Waals surface area contributed by atoms with Crippen molar-refractivity contribution in [2.75, 3.05) is 9.80 Å². The van der Waals surface area contributed by atoms with E-state index in [9.17, 15) is 0 Å². The second-order valence-corrected chi connectivity index (χ2v) is 13.3. The summed E-state index contributed by atoms with van der Waals surface area (Å²) in [5.41, 5.74) is 9.82. The third-order valence-electron chi connectivity index (χ3n) is 10.2. The van der Waals surface area contributed by atoms with E-state index in [4.69, 9.17) is 0 Å². The third kappa shape index (κ3) is 6.33. The van der Waals surface area contributed by atoms with Gasteiger partial charge in [0, 0.05) is 39.5 Å². The number of hydrogen-bond acceptors (Lipinski definition) is 2. The van der Waals surface area contributed by atoms with Crippen LogP contribution in [0, 0.1) is 11.8 Å². The fourth-order valence-electron chi connectivity index (χ4n) is 7.61. The molecule has 234 valence electrons. The molecule has 6 aromatic rings. The summed E-state index contributed by atoms with van der Waals surface area (Å²) in [4.78, 5) is 4.70. The molecule has 0 unspecified atom stereocenters. The number of para-hydroxylation sites is 4. The van der Waals surface area contributed by atoms with Gasteiger partial charge in [-0.3, -0.25) is 0 Å². The molecule has 1 saturated carbocycles. The predicted molar refractivity (Wildman–Crippen MR) is 200 cm³/mol. The summed E-state index contributed by atoms with van der Waals surface area (Å²) in [6.07, 6.45) is 4.83. The molecule has 0 N–H and O–H groups in total. The lowest BCUT2D eigenvalue weighted by Gasteiger charge is -2.43. The van der Waals surface area contributed by atoms with Crippen molar-refractivity contribution in [3.63, 3.8) is 0 Å². The number of rotatable bonds is 9. The maximum absolute atomic E-state index is 2.40. The third-order valence-corrected chi connectivity index (χ3v) is 10.2. The van der Waals surface area contributed by atoms with Crippen molar-refractivity contribution < 1.29 is 0 Å². The van der Waals surface area contributed by atoms with Crippen LogP contribution in [-0.4, -0.2) is 0 Å². The summed E-state index contributed by atoms with van der Waals surface area (Å²) in [6, 6.07) is 61.6. The van der Waals surface area contributed by atoms with Crippen LogP contribution in [0.5, 0.6) is 0 Å². The minimum Gasteiger partial charge on any atom is -0.311 e. The Bertz CT molecular complexity index is 1620. The standard InChI is InChI=1S/C45H44N2/c1-35(2)36-31-33-45(34-32-36,37-23-27-43(28-24-37)46(39-15-7-3-8-16-39)40-17-9-4-10-18-40)38-25-29-44(30-26-38)47(41-19-11-5-12-20-41)42-21-13-6-14-22-42/h3-30,35-36H,31-34H2,1-2H3. The molecule has 2 heteroatoms. The molecular weight excluding hydrogens is 569 g/mol. The maximum Gasteiger partial charge on any atom is 0.0461 e. The molecule has 0 saturated heterocycles. The van der Waals surface area contributed by atoms with Crippen molar-refractivity contribution in [1.29, 1.82) is 0 Å². The molecule has 0 aliphatic heterocycles. The Balaban J connectivity index is 1.27. The van der Waals surface area contributed by atoms with E-state index in [2.05, 4.69) is 194 Å². The van der Waals surface area contributed by atoms with Gasteiger partial charge < -0.3 is 9.80 Å². The van der Waals surface area contributed by atoms with Crippen LogP contribution in [0.2, 0.25) is 0 Å². The molecule has 6 aromatic carbocycles.